The second-order valence-electron chi connectivity index (χ2n) is 5.89. The Morgan fingerprint density at radius 1 is 1.00 bits per heavy atom. The number of hydrogen-bond donors (Lipinski definition) is 1. The van der Waals surface area contributed by atoms with E-state index in [1.54, 1.807) is 6.26 Å². The zero-order valence-corrected chi connectivity index (χ0v) is 20.7. The molecule has 0 saturated carbocycles. The van der Waals surface area contributed by atoms with Gasteiger partial charge in [-0.05, 0) is 42.8 Å². The normalized spacial score (nSPS) is 15.2. The molecule has 2 unspecified atom stereocenters. The van der Waals surface area contributed by atoms with Gasteiger partial charge in [0.2, 0.25) is 0 Å². The van der Waals surface area contributed by atoms with Gasteiger partial charge in [0, 0.05) is 28.5 Å². The standard InChI is InChI=1S/C12H14F3NO.C7H8OS.2C2H6.C2H4/c13-12(14,15)10-3-1-9(2-4-10)8-17-11-5-6-16-7-11;1-9(8)7-5-3-2-4-6-7;3*1-2/h1-4,11,16H,5-8H2;2-6H,1H3;2*1-2H3;1-2H2. The summed E-state index contributed by atoms with van der Waals surface area (Å²) in [4.78, 5) is 0.887. The van der Waals surface area contributed by atoms with Gasteiger partial charge < -0.3 is 10.1 Å². The molecule has 1 heterocycles. The number of benzene rings is 2. The quantitative estimate of drug-likeness (QED) is 0.493. The van der Waals surface area contributed by atoms with E-state index in [-0.39, 0.29) is 6.10 Å². The second kappa shape index (κ2) is 19.7. The Morgan fingerprint density at radius 3 is 1.91 bits per heavy atom. The van der Waals surface area contributed by atoms with Crippen LogP contribution >= 0.6 is 0 Å². The molecule has 1 aliphatic heterocycles. The summed E-state index contributed by atoms with van der Waals surface area (Å²) in [7, 11) is -0.829. The summed E-state index contributed by atoms with van der Waals surface area (Å²) < 4.78 is 53.3. The van der Waals surface area contributed by atoms with Crippen molar-refractivity contribution in [2.24, 2.45) is 0 Å². The van der Waals surface area contributed by atoms with E-state index < -0.39 is 22.5 Å². The van der Waals surface area contributed by atoms with Crippen LogP contribution in [0.1, 0.15) is 45.2 Å². The predicted octanol–water partition coefficient (Wildman–Crippen LogP) is 6.86. The Bertz CT molecular complexity index is 701. The Kier molecular flexibility index (Phi) is 19.8. The summed E-state index contributed by atoms with van der Waals surface area (Å²) in [6, 6.07) is 14.5. The predicted molar refractivity (Wildman–Crippen MR) is 130 cm³/mol. The van der Waals surface area contributed by atoms with Crippen LogP contribution in [0.15, 0.2) is 72.7 Å². The molecule has 3 rings (SSSR count). The lowest BCUT2D eigenvalue weighted by Crippen LogP contribution is -2.16. The average molecular weight is 474 g/mol. The van der Waals surface area contributed by atoms with Crippen LogP contribution in [0.4, 0.5) is 13.2 Å². The molecule has 0 amide bonds. The van der Waals surface area contributed by atoms with Crippen molar-refractivity contribution in [2.45, 2.75) is 57.9 Å². The van der Waals surface area contributed by atoms with Gasteiger partial charge in [-0.15, -0.1) is 13.2 Å². The topological polar surface area (TPSA) is 38.3 Å². The maximum Gasteiger partial charge on any atom is 0.416 e. The molecule has 1 saturated heterocycles. The number of hydrogen-bond acceptors (Lipinski definition) is 3. The third-order valence-electron chi connectivity index (χ3n) is 3.86. The van der Waals surface area contributed by atoms with E-state index in [1.807, 2.05) is 58.0 Å². The lowest BCUT2D eigenvalue weighted by Gasteiger charge is -2.11. The molecular weight excluding hydrogens is 435 g/mol. The fraction of sp³-hybridized carbons (Fsp3) is 0.440. The van der Waals surface area contributed by atoms with Crippen LogP contribution in [0.2, 0.25) is 0 Å². The minimum Gasteiger partial charge on any atom is -0.372 e. The van der Waals surface area contributed by atoms with Gasteiger partial charge in [0.05, 0.1) is 18.3 Å². The molecule has 1 N–H and O–H groups in total. The van der Waals surface area contributed by atoms with Crippen molar-refractivity contribution in [3.8, 4) is 0 Å². The lowest BCUT2D eigenvalue weighted by molar-refractivity contribution is -0.137. The summed E-state index contributed by atoms with van der Waals surface area (Å²) in [5.41, 5.74) is 0.147. The molecule has 0 aromatic heterocycles. The minimum absolute atomic E-state index is 0.178. The summed E-state index contributed by atoms with van der Waals surface area (Å²) in [6.07, 6.45) is -1.46. The third-order valence-corrected chi connectivity index (χ3v) is 4.79. The highest BCUT2D eigenvalue weighted by Crippen LogP contribution is 2.29. The van der Waals surface area contributed by atoms with E-state index in [2.05, 4.69) is 18.5 Å². The number of halogens is 3. The lowest BCUT2D eigenvalue weighted by atomic mass is 10.1. The Morgan fingerprint density at radius 2 is 1.53 bits per heavy atom. The van der Waals surface area contributed by atoms with Gasteiger partial charge >= 0.3 is 6.18 Å². The molecule has 0 radical (unpaired) electrons. The third kappa shape index (κ3) is 14.2. The number of alkyl halides is 3. The fourth-order valence-corrected chi connectivity index (χ4v) is 2.93. The molecular formula is C25H38F3NO2S. The molecule has 32 heavy (non-hydrogen) atoms. The van der Waals surface area contributed by atoms with Crippen molar-refractivity contribution in [1.82, 2.24) is 5.32 Å². The number of nitrogens with one attached hydrogen (secondary N) is 1. The van der Waals surface area contributed by atoms with Crippen molar-refractivity contribution in [3.63, 3.8) is 0 Å². The fourth-order valence-electron chi connectivity index (χ4n) is 2.39. The van der Waals surface area contributed by atoms with Gasteiger partial charge in [-0.1, -0.05) is 58.0 Å². The molecule has 7 heteroatoms. The van der Waals surface area contributed by atoms with Crippen LogP contribution in [-0.4, -0.2) is 29.7 Å². The molecule has 3 nitrogen and oxygen atoms in total. The number of rotatable bonds is 4. The van der Waals surface area contributed by atoms with Gasteiger partial charge in [0.1, 0.15) is 0 Å². The molecule has 2 aromatic rings. The van der Waals surface area contributed by atoms with Gasteiger partial charge in [0.25, 0.3) is 0 Å². The van der Waals surface area contributed by atoms with Crippen LogP contribution < -0.4 is 5.32 Å². The van der Waals surface area contributed by atoms with Gasteiger partial charge in [-0.2, -0.15) is 13.2 Å². The van der Waals surface area contributed by atoms with Crippen molar-refractivity contribution in [2.75, 3.05) is 19.3 Å². The summed E-state index contributed by atoms with van der Waals surface area (Å²) in [5, 5.41) is 3.16. The molecule has 0 aliphatic carbocycles. The van der Waals surface area contributed by atoms with E-state index >= 15 is 0 Å². The highest BCUT2D eigenvalue weighted by molar-refractivity contribution is 7.84. The first-order valence-electron chi connectivity index (χ1n) is 10.7. The number of ether oxygens (including phenoxy) is 1. The summed E-state index contributed by atoms with van der Waals surface area (Å²) in [5.74, 6) is 0. The molecule has 0 bridgehead atoms. The van der Waals surface area contributed by atoms with E-state index in [0.717, 1.165) is 42.1 Å². The van der Waals surface area contributed by atoms with Crippen LogP contribution in [0.5, 0.6) is 0 Å². The summed E-state index contributed by atoms with van der Waals surface area (Å²) in [6.45, 7) is 16.1. The van der Waals surface area contributed by atoms with Gasteiger partial charge in [-0.25, -0.2) is 0 Å². The molecule has 2 atom stereocenters. The average Bonchev–Trinajstić information content (AvgIpc) is 3.36. The van der Waals surface area contributed by atoms with Crippen LogP contribution in [-0.2, 0) is 28.3 Å². The Hall–Kier alpha value is -1.96. The zero-order valence-electron chi connectivity index (χ0n) is 19.9. The molecule has 1 aliphatic rings. The minimum atomic E-state index is -4.27. The van der Waals surface area contributed by atoms with Crippen LogP contribution in [0.25, 0.3) is 0 Å². The van der Waals surface area contributed by atoms with Crippen molar-refractivity contribution in [1.29, 1.82) is 0 Å². The van der Waals surface area contributed by atoms with Crippen molar-refractivity contribution in [3.05, 3.63) is 78.9 Å². The maximum atomic E-state index is 12.3. The highest BCUT2D eigenvalue weighted by Gasteiger charge is 2.29. The molecule has 2 aromatic carbocycles. The SMILES string of the molecule is C=C.CC.CC.CS(=O)c1ccccc1.FC(F)(F)c1ccc(COC2CCNC2)cc1. The highest BCUT2D eigenvalue weighted by atomic mass is 32.2. The van der Waals surface area contributed by atoms with Crippen molar-refractivity contribution < 1.29 is 22.1 Å². The monoisotopic (exact) mass is 473 g/mol. The van der Waals surface area contributed by atoms with E-state index in [0.29, 0.717) is 6.61 Å². The van der Waals surface area contributed by atoms with Crippen LogP contribution in [0.3, 0.4) is 0 Å². The molecule has 182 valence electrons. The Labute approximate surface area is 194 Å². The molecule has 0 spiro atoms. The summed E-state index contributed by atoms with van der Waals surface area (Å²) >= 11 is 0. The van der Waals surface area contributed by atoms with Crippen LogP contribution in [0, 0.1) is 0 Å². The van der Waals surface area contributed by atoms with E-state index in [4.69, 9.17) is 4.74 Å². The first-order valence-corrected chi connectivity index (χ1v) is 12.3. The first kappa shape index (κ1) is 32.2. The first-order chi connectivity index (χ1) is 15.4. The Balaban J connectivity index is 0. The molecule has 1 fully saturated rings. The smallest absolute Gasteiger partial charge is 0.372 e. The maximum absolute atomic E-state index is 12.3. The largest absolute Gasteiger partial charge is 0.416 e. The second-order valence-corrected chi connectivity index (χ2v) is 7.27. The van der Waals surface area contributed by atoms with E-state index in [1.165, 1.54) is 12.1 Å². The zero-order chi connectivity index (χ0) is 25.0. The van der Waals surface area contributed by atoms with Gasteiger partial charge in [-0.3, -0.25) is 4.21 Å². The van der Waals surface area contributed by atoms with E-state index in [9.17, 15) is 17.4 Å². The van der Waals surface area contributed by atoms with Crippen molar-refractivity contribution >= 4 is 10.8 Å². The van der Waals surface area contributed by atoms with Gasteiger partial charge in [0.15, 0.2) is 0 Å².